The molecule has 7 heteroatoms. The highest BCUT2D eigenvalue weighted by molar-refractivity contribution is 7.92. The molecule has 0 saturated heterocycles. The van der Waals surface area contributed by atoms with Gasteiger partial charge in [-0.1, -0.05) is 6.07 Å². The zero-order valence-corrected chi connectivity index (χ0v) is 13.9. The minimum absolute atomic E-state index is 0.0698. The Balaban J connectivity index is 2.02. The number of nitrogens with zero attached hydrogens (tertiary/aromatic N) is 1. The molecule has 0 unspecified atom stereocenters. The van der Waals surface area contributed by atoms with E-state index >= 15 is 0 Å². The third-order valence-corrected chi connectivity index (χ3v) is 5.16. The summed E-state index contributed by atoms with van der Waals surface area (Å²) in [6.45, 7) is 0.465. The number of nitriles is 1. The number of fused-ring (bicyclic) bond motifs is 1. The maximum Gasteiger partial charge on any atom is 0.265 e. The quantitative estimate of drug-likeness (QED) is 0.921. The molecule has 0 saturated carbocycles. The molecule has 1 aliphatic heterocycles. The summed E-state index contributed by atoms with van der Waals surface area (Å²) in [5.41, 5.74) is 1.47. The van der Waals surface area contributed by atoms with E-state index in [1.54, 1.807) is 31.4 Å². The van der Waals surface area contributed by atoms with Crippen LogP contribution in [-0.4, -0.2) is 22.1 Å². The number of hydrogen-bond acceptors (Lipinski definition) is 5. The second-order valence-electron chi connectivity index (χ2n) is 5.32. The van der Waals surface area contributed by atoms with Crippen LogP contribution >= 0.6 is 0 Å². The topological polar surface area (TPSA) is 88.4 Å². The Hall–Kier alpha value is -2.72. The molecular weight excluding hydrogens is 328 g/mol. The van der Waals surface area contributed by atoms with Crippen LogP contribution < -0.4 is 14.2 Å². The van der Waals surface area contributed by atoms with Gasteiger partial charge in [0.25, 0.3) is 10.0 Å². The van der Waals surface area contributed by atoms with Crippen molar-refractivity contribution < 1.29 is 17.9 Å². The van der Waals surface area contributed by atoms with Crippen LogP contribution in [0, 0.1) is 11.3 Å². The third-order valence-electron chi connectivity index (χ3n) is 3.75. The van der Waals surface area contributed by atoms with E-state index in [-0.39, 0.29) is 4.90 Å². The van der Waals surface area contributed by atoms with Gasteiger partial charge in [0.1, 0.15) is 16.4 Å². The highest BCUT2D eigenvalue weighted by Crippen LogP contribution is 2.38. The van der Waals surface area contributed by atoms with Crippen molar-refractivity contribution in [3.8, 4) is 17.6 Å². The summed E-state index contributed by atoms with van der Waals surface area (Å²) in [6, 6.07) is 11.4. The molecule has 2 aromatic rings. The van der Waals surface area contributed by atoms with Crippen LogP contribution in [0.25, 0.3) is 0 Å². The van der Waals surface area contributed by atoms with E-state index in [2.05, 4.69) is 4.72 Å². The van der Waals surface area contributed by atoms with Gasteiger partial charge in [0.05, 0.1) is 31.0 Å². The Bertz CT molecular complexity index is 917. The largest absolute Gasteiger partial charge is 0.496 e. The number of benzene rings is 2. The normalized spacial score (nSPS) is 13.3. The molecule has 124 valence electrons. The molecule has 1 aliphatic rings. The van der Waals surface area contributed by atoms with Gasteiger partial charge in [-0.3, -0.25) is 4.72 Å². The lowest BCUT2D eigenvalue weighted by Crippen LogP contribution is -2.18. The van der Waals surface area contributed by atoms with Crippen molar-refractivity contribution in [1.29, 1.82) is 5.26 Å². The molecule has 0 atom stereocenters. The lowest BCUT2D eigenvalue weighted by molar-refractivity contribution is 0.274. The molecule has 2 aromatic carbocycles. The minimum Gasteiger partial charge on any atom is -0.496 e. The van der Waals surface area contributed by atoms with Gasteiger partial charge in [-0.15, -0.1) is 0 Å². The van der Waals surface area contributed by atoms with Gasteiger partial charge in [0.2, 0.25) is 0 Å². The number of sulfonamides is 1. The van der Waals surface area contributed by atoms with Gasteiger partial charge >= 0.3 is 0 Å². The van der Waals surface area contributed by atoms with E-state index in [1.165, 1.54) is 12.1 Å². The summed E-state index contributed by atoms with van der Waals surface area (Å²) in [5, 5.41) is 8.93. The molecule has 24 heavy (non-hydrogen) atoms. The first-order valence-corrected chi connectivity index (χ1v) is 8.89. The predicted octanol–water partition coefficient (Wildman–Crippen LogP) is 2.69. The molecule has 1 N–H and O–H groups in total. The minimum atomic E-state index is -3.84. The summed E-state index contributed by atoms with van der Waals surface area (Å²) in [5.74, 6) is 0.958. The average molecular weight is 344 g/mol. The van der Waals surface area contributed by atoms with Crippen LogP contribution in [0.4, 0.5) is 5.69 Å². The van der Waals surface area contributed by atoms with E-state index in [0.29, 0.717) is 35.8 Å². The lowest BCUT2D eigenvalue weighted by atomic mass is 10.1. The highest BCUT2D eigenvalue weighted by atomic mass is 32.2. The van der Waals surface area contributed by atoms with E-state index in [4.69, 9.17) is 14.7 Å². The summed E-state index contributed by atoms with van der Waals surface area (Å²) in [4.78, 5) is 0.0698. The van der Waals surface area contributed by atoms with Gasteiger partial charge in [0, 0.05) is 5.56 Å². The van der Waals surface area contributed by atoms with E-state index < -0.39 is 10.0 Å². The molecule has 1 heterocycles. The van der Waals surface area contributed by atoms with E-state index in [0.717, 1.165) is 12.0 Å². The van der Waals surface area contributed by atoms with Gasteiger partial charge in [-0.2, -0.15) is 5.26 Å². The van der Waals surface area contributed by atoms with Crippen molar-refractivity contribution >= 4 is 15.7 Å². The summed E-state index contributed by atoms with van der Waals surface area (Å²) in [7, 11) is -2.30. The van der Waals surface area contributed by atoms with E-state index in [9.17, 15) is 8.42 Å². The second kappa shape index (κ2) is 6.42. The molecular formula is C17H16N2O4S. The molecule has 0 bridgehead atoms. The Morgan fingerprint density at radius 3 is 2.88 bits per heavy atom. The van der Waals surface area contributed by atoms with Crippen LogP contribution in [0.2, 0.25) is 0 Å². The number of hydrogen-bond donors (Lipinski definition) is 1. The predicted molar refractivity (Wildman–Crippen MR) is 88.8 cm³/mol. The third kappa shape index (κ3) is 3.01. The smallest absolute Gasteiger partial charge is 0.265 e. The number of rotatable bonds is 4. The van der Waals surface area contributed by atoms with Gasteiger partial charge < -0.3 is 9.47 Å². The Kier molecular flexibility index (Phi) is 4.32. The monoisotopic (exact) mass is 344 g/mol. The van der Waals surface area contributed by atoms with Gasteiger partial charge in [0.15, 0.2) is 0 Å². The lowest BCUT2D eigenvalue weighted by Gasteiger charge is -2.22. The number of nitrogens with one attached hydrogen (secondary N) is 1. The number of methoxy groups -OCH3 is 1. The van der Waals surface area contributed by atoms with Crippen molar-refractivity contribution in [3.63, 3.8) is 0 Å². The number of ether oxygens (including phenoxy) is 2. The fraction of sp³-hybridized carbons (Fsp3) is 0.235. The number of anilines is 1. The first-order chi connectivity index (χ1) is 11.5. The molecule has 0 aliphatic carbocycles. The molecule has 6 nitrogen and oxygen atoms in total. The summed E-state index contributed by atoms with van der Waals surface area (Å²) >= 11 is 0. The van der Waals surface area contributed by atoms with Crippen molar-refractivity contribution in [2.75, 3.05) is 18.4 Å². The van der Waals surface area contributed by atoms with Crippen LogP contribution in [0.15, 0.2) is 41.3 Å². The fourth-order valence-corrected chi connectivity index (χ4v) is 3.89. The average Bonchev–Trinajstić information content (AvgIpc) is 2.60. The molecule has 0 fully saturated rings. The van der Waals surface area contributed by atoms with Gasteiger partial charge in [-0.05, 0) is 43.2 Å². The summed E-state index contributed by atoms with van der Waals surface area (Å²) in [6.07, 6.45) is 1.51. The van der Waals surface area contributed by atoms with Crippen molar-refractivity contribution in [1.82, 2.24) is 0 Å². The SMILES string of the molecule is COc1ccc(S(=O)(=O)Nc2cccc(C#N)c2)c2c1CCCO2. The molecule has 0 radical (unpaired) electrons. The summed E-state index contributed by atoms with van der Waals surface area (Å²) < 4.78 is 38.9. The zero-order chi connectivity index (χ0) is 17.2. The van der Waals surface area contributed by atoms with E-state index in [1.807, 2.05) is 6.07 Å². The van der Waals surface area contributed by atoms with Crippen LogP contribution in [0.5, 0.6) is 11.5 Å². The highest BCUT2D eigenvalue weighted by Gasteiger charge is 2.27. The first kappa shape index (κ1) is 16.1. The van der Waals surface area contributed by atoms with Crippen LogP contribution in [-0.2, 0) is 16.4 Å². The van der Waals surface area contributed by atoms with Crippen molar-refractivity contribution in [3.05, 3.63) is 47.5 Å². The van der Waals surface area contributed by atoms with Crippen molar-refractivity contribution in [2.24, 2.45) is 0 Å². The van der Waals surface area contributed by atoms with Crippen LogP contribution in [0.1, 0.15) is 17.5 Å². The van der Waals surface area contributed by atoms with Crippen LogP contribution in [0.3, 0.4) is 0 Å². The Morgan fingerprint density at radius 2 is 2.12 bits per heavy atom. The molecule has 0 aromatic heterocycles. The van der Waals surface area contributed by atoms with Gasteiger partial charge in [-0.25, -0.2) is 8.42 Å². The molecule has 0 spiro atoms. The second-order valence-corrected chi connectivity index (χ2v) is 6.97. The first-order valence-electron chi connectivity index (χ1n) is 7.41. The maximum absolute atomic E-state index is 12.8. The fourth-order valence-electron chi connectivity index (χ4n) is 2.67. The Labute approximate surface area is 140 Å². The maximum atomic E-state index is 12.8. The zero-order valence-electron chi connectivity index (χ0n) is 13.1. The molecule has 3 rings (SSSR count). The molecule has 0 amide bonds. The Morgan fingerprint density at radius 1 is 1.29 bits per heavy atom. The van der Waals surface area contributed by atoms with Crippen molar-refractivity contribution in [2.45, 2.75) is 17.7 Å². The standard InChI is InChI=1S/C17H16N2O4S/c1-22-15-7-8-16(17-14(15)6-3-9-23-17)24(20,21)19-13-5-2-4-12(10-13)11-18/h2,4-5,7-8,10,19H,3,6,9H2,1H3.